The molecule has 0 aliphatic rings. The van der Waals surface area contributed by atoms with Crippen molar-refractivity contribution in [3.05, 3.63) is 0 Å². The lowest BCUT2D eigenvalue weighted by Gasteiger charge is -2.20. The summed E-state index contributed by atoms with van der Waals surface area (Å²) >= 11 is 0. The fraction of sp³-hybridized carbons (Fsp3) is 0.778. The van der Waals surface area contributed by atoms with Crippen LogP contribution in [0.5, 0.6) is 0 Å². The van der Waals surface area contributed by atoms with Crippen LogP contribution in [0.15, 0.2) is 0 Å². The summed E-state index contributed by atoms with van der Waals surface area (Å²) in [5.41, 5.74) is -0.798. The van der Waals surface area contributed by atoms with Gasteiger partial charge in [0.05, 0.1) is 11.3 Å². The summed E-state index contributed by atoms with van der Waals surface area (Å²) in [6, 6.07) is 0. The Morgan fingerprint density at radius 2 is 1.92 bits per heavy atom. The van der Waals surface area contributed by atoms with Crippen LogP contribution in [0.2, 0.25) is 0 Å². The van der Waals surface area contributed by atoms with Crippen LogP contribution in [0.3, 0.4) is 0 Å². The summed E-state index contributed by atoms with van der Waals surface area (Å²) in [6.07, 6.45) is 5.17. The maximum Gasteiger partial charge on any atom is 0.213 e. The molecule has 0 atom stereocenters. The highest BCUT2D eigenvalue weighted by Gasteiger charge is 2.22. The molecule has 0 aromatic rings. The van der Waals surface area contributed by atoms with Crippen molar-refractivity contribution < 1.29 is 8.42 Å². The summed E-state index contributed by atoms with van der Waals surface area (Å²) in [4.78, 5) is 0. The number of hydrogen-bond acceptors (Lipinski definition) is 2. The fourth-order valence-corrected chi connectivity index (χ4v) is 2.70. The van der Waals surface area contributed by atoms with Crippen molar-refractivity contribution in [2.75, 3.05) is 5.75 Å². The first kappa shape index (κ1) is 12.5. The Labute approximate surface area is 81.0 Å². The molecule has 3 nitrogen and oxygen atoms in total. The molecule has 0 aromatic heterocycles. The Bertz CT molecular complexity index is 296. The van der Waals surface area contributed by atoms with E-state index in [9.17, 15) is 8.42 Å². The predicted octanol–water partition coefficient (Wildman–Crippen LogP) is 0.974. The molecule has 76 valence electrons. The minimum Gasteiger partial charge on any atom is -0.212 e. The van der Waals surface area contributed by atoms with Crippen LogP contribution in [-0.4, -0.2) is 19.7 Å². The van der Waals surface area contributed by atoms with E-state index in [2.05, 4.69) is 10.6 Å². The molecule has 0 radical (unpaired) electrons. The third kappa shape index (κ3) is 5.67. The van der Waals surface area contributed by atoms with Gasteiger partial charge in [-0.05, 0) is 19.8 Å². The predicted molar refractivity (Wildman–Crippen MR) is 54.7 cm³/mol. The second-order valence-electron chi connectivity index (χ2n) is 4.05. The number of hydrogen-bond donors (Lipinski definition) is 1. The van der Waals surface area contributed by atoms with Gasteiger partial charge in [0.25, 0.3) is 0 Å². The third-order valence-corrected chi connectivity index (χ3v) is 3.25. The molecule has 0 heterocycles. The highest BCUT2D eigenvalue weighted by molar-refractivity contribution is 7.89. The van der Waals surface area contributed by atoms with Crippen molar-refractivity contribution in [3.63, 3.8) is 0 Å². The van der Waals surface area contributed by atoms with Gasteiger partial charge in [-0.1, -0.05) is 19.8 Å². The van der Waals surface area contributed by atoms with Crippen LogP contribution in [0.1, 0.15) is 27.7 Å². The molecule has 0 bridgehead atoms. The summed E-state index contributed by atoms with van der Waals surface area (Å²) in [7, 11) is -3.24. The molecule has 0 fully saturated rings. The van der Waals surface area contributed by atoms with Crippen molar-refractivity contribution in [1.29, 1.82) is 0 Å². The van der Waals surface area contributed by atoms with Gasteiger partial charge in [0.15, 0.2) is 0 Å². The van der Waals surface area contributed by atoms with Crippen molar-refractivity contribution in [2.24, 2.45) is 5.92 Å². The van der Waals surface area contributed by atoms with Gasteiger partial charge in [-0.2, -0.15) is 4.72 Å². The topological polar surface area (TPSA) is 46.2 Å². The van der Waals surface area contributed by atoms with E-state index in [-0.39, 0.29) is 11.7 Å². The number of sulfonamides is 1. The first-order valence-corrected chi connectivity index (χ1v) is 5.83. The maximum absolute atomic E-state index is 11.4. The third-order valence-electron chi connectivity index (χ3n) is 1.32. The first-order chi connectivity index (χ1) is 5.68. The van der Waals surface area contributed by atoms with E-state index >= 15 is 0 Å². The molecule has 1 N–H and O–H groups in total. The lowest BCUT2D eigenvalue weighted by molar-refractivity contribution is 0.530. The van der Waals surface area contributed by atoms with E-state index in [0.717, 1.165) is 0 Å². The molecule has 0 saturated carbocycles. The summed E-state index contributed by atoms with van der Waals surface area (Å²) < 4.78 is 25.3. The maximum atomic E-state index is 11.4. The molecular formula is C9H17NO2S. The molecule has 0 aromatic carbocycles. The first-order valence-electron chi connectivity index (χ1n) is 4.18. The Balaban J connectivity index is 4.46. The van der Waals surface area contributed by atoms with Crippen LogP contribution >= 0.6 is 0 Å². The molecule has 4 heteroatoms. The lowest BCUT2D eigenvalue weighted by Crippen LogP contribution is -2.43. The zero-order valence-corrected chi connectivity index (χ0v) is 9.40. The van der Waals surface area contributed by atoms with E-state index in [4.69, 9.17) is 6.42 Å². The van der Waals surface area contributed by atoms with Crippen molar-refractivity contribution in [1.82, 2.24) is 4.72 Å². The van der Waals surface area contributed by atoms with Crippen LogP contribution < -0.4 is 4.72 Å². The molecule has 0 unspecified atom stereocenters. The highest BCUT2D eigenvalue weighted by Crippen LogP contribution is 2.05. The molecule has 0 spiro atoms. The van der Waals surface area contributed by atoms with Gasteiger partial charge in [0.1, 0.15) is 0 Å². The smallest absolute Gasteiger partial charge is 0.212 e. The van der Waals surface area contributed by atoms with Crippen molar-refractivity contribution in [2.45, 2.75) is 33.2 Å². The molecule has 0 rings (SSSR count). The monoisotopic (exact) mass is 203 g/mol. The van der Waals surface area contributed by atoms with Crippen molar-refractivity contribution >= 4 is 10.0 Å². The molecule has 0 amide bonds. The highest BCUT2D eigenvalue weighted by atomic mass is 32.2. The van der Waals surface area contributed by atoms with E-state index < -0.39 is 15.6 Å². The Morgan fingerprint density at radius 1 is 1.46 bits per heavy atom. The molecule has 0 aliphatic carbocycles. The molecule has 0 saturated heterocycles. The zero-order valence-electron chi connectivity index (χ0n) is 8.59. The largest absolute Gasteiger partial charge is 0.213 e. The Kier molecular flexibility index (Phi) is 3.95. The van der Waals surface area contributed by atoms with E-state index in [1.54, 1.807) is 13.8 Å². The van der Waals surface area contributed by atoms with Gasteiger partial charge >= 0.3 is 0 Å². The summed E-state index contributed by atoms with van der Waals surface area (Å²) in [5, 5.41) is 0. The van der Waals surface area contributed by atoms with Gasteiger partial charge in [-0.25, -0.2) is 8.42 Å². The number of nitrogens with one attached hydrogen (secondary N) is 1. The van der Waals surface area contributed by atoms with Crippen LogP contribution in [0.25, 0.3) is 0 Å². The van der Waals surface area contributed by atoms with E-state index in [0.29, 0.717) is 0 Å². The standard InChI is InChI=1S/C9H17NO2S/c1-6-9(4,5)10-13(11,12)7-8(2)3/h1,8,10H,7H2,2-5H3. The Hall–Kier alpha value is -0.530. The lowest BCUT2D eigenvalue weighted by atomic mass is 10.1. The second kappa shape index (κ2) is 4.12. The SMILES string of the molecule is C#CC(C)(C)NS(=O)(=O)CC(C)C. The number of terminal acetylenes is 1. The van der Waals surface area contributed by atoms with Crippen LogP contribution in [0, 0.1) is 18.3 Å². The van der Waals surface area contributed by atoms with Gasteiger partial charge < -0.3 is 0 Å². The Morgan fingerprint density at radius 3 is 2.23 bits per heavy atom. The normalized spacial score (nSPS) is 12.9. The van der Waals surface area contributed by atoms with E-state index in [1.165, 1.54) is 0 Å². The van der Waals surface area contributed by atoms with Gasteiger partial charge in [-0.3, -0.25) is 0 Å². The van der Waals surface area contributed by atoms with Gasteiger partial charge in [0, 0.05) is 0 Å². The van der Waals surface area contributed by atoms with Crippen LogP contribution in [-0.2, 0) is 10.0 Å². The summed E-state index contributed by atoms with van der Waals surface area (Å²) in [6.45, 7) is 7.01. The van der Waals surface area contributed by atoms with Crippen LogP contribution in [0.4, 0.5) is 0 Å². The fourth-order valence-electron chi connectivity index (χ4n) is 0.899. The second-order valence-corrected chi connectivity index (χ2v) is 5.81. The minimum atomic E-state index is -3.24. The zero-order chi connectivity index (χ0) is 10.7. The average Bonchev–Trinajstić information content (AvgIpc) is 1.81. The minimum absolute atomic E-state index is 0.103. The molecule has 13 heavy (non-hydrogen) atoms. The summed E-state index contributed by atoms with van der Waals surface area (Å²) in [5.74, 6) is 2.59. The van der Waals surface area contributed by atoms with Gasteiger partial charge in [-0.15, -0.1) is 6.42 Å². The average molecular weight is 203 g/mol. The molecule has 0 aliphatic heterocycles. The quantitative estimate of drug-likeness (QED) is 0.692. The van der Waals surface area contributed by atoms with E-state index in [1.807, 2.05) is 13.8 Å². The van der Waals surface area contributed by atoms with Gasteiger partial charge in [0.2, 0.25) is 10.0 Å². The number of rotatable bonds is 4. The molecular weight excluding hydrogens is 186 g/mol. The van der Waals surface area contributed by atoms with Crippen molar-refractivity contribution in [3.8, 4) is 12.3 Å².